The number of pyridine rings is 1. The van der Waals surface area contributed by atoms with E-state index in [1.165, 1.54) is 0 Å². The Labute approximate surface area is 112 Å². The Morgan fingerprint density at radius 2 is 2.21 bits per heavy atom. The summed E-state index contributed by atoms with van der Waals surface area (Å²) < 4.78 is 0. The van der Waals surface area contributed by atoms with Crippen molar-refractivity contribution in [2.24, 2.45) is 0 Å². The third-order valence-electron chi connectivity index (χ3n) is 3.48. The van der Waals surface area contributed by atoms with Crippen LogP contribution in [0.2, 0.25) is 0 Å². The molecule has 3 heterocycles. The molecule has 0 saturated carbocycles. The first kappa shape index (κ1) is 11.9. The molecule has 2 N–H and O–H groups in total. The van der Waals surface area contributed by atoms with Crippen LogP contribution in [0.15, 0.2) is 30.5 Å². The van der Waals surface area contributed by atoms with E-state index in [0.717, 1.165) is 36.7 Å². The summed E-state index contributed by atoms with van der Waals surface area (Å²) in [5.41, 5.74) is 7.77. The highest BCUT2D eigenvalue weighted by Crippen LogP contribution is 2.29. The number of aromatic nitrogens is 3. The molecule has 5 heteroatoms. The molecule has 0 bridgehead atoms. The van der Waals surface area contributed by atoms with E-state index in [1.807, 2.05) is 31.3 Å². The topological polar surface area (TPSA) is 67.9 Å². The maximum atomic E-state index is 5.71. The van der Waals surface area contributed by atoms with Crippen molar-refractivity contribution in [1.82, 2.24) is 15.0 Å². The zero-order chi connectivity index (χ0) is 13.2. The van der Waals surface area contributed by atoms with Crippen molar-refractivity contribution in [3.8, 4) is 0 Å². The van der Waals surface area contributed by atoms with E-state index in [9.17, 15) is 0 Å². The van der Waals surface area contributed by atoms with Gasteiger partial charge < -0.3 is 10.6 Å². The minimum absolute atomic E-state index is 0.344. The van der Waals surface area contributed by atoms with Gasteiger partial charge in [0.1, 0.15) is 5.82 Å². The maximum Gasteiger partial charge on any atom is 0.222 e. The molecule has 1 aliphatic rings. The van der Waals surface area contributed by atoms with Gasteiger partial charge in [0.05, 0.1) is 0 Å². The summed E-state index contributed by atoms with van der Waals surface area (Å²) in [6.45, 7) is 3.86. The normalized spacial score (nSPS) is 18.8. The van der Waals surface area contributed by atoms with Crippen LogP contribution in [0.4, 0.5) is 11.8 Å². The molecule has 1 atom stereocenters. The summed E-state index contributed by atoms with van der Waals surface area (Å²) in [4.78, 5) is 15.1. The van der Waals surface area contributed by atoms with E-state index in [2.05, 4.69) is 25.9 Å². The third kappa shape index (κ3) is 2.50. The van der Waals surface area contributed by atoms with Crippen molar-refractivity contribution in [2.75, 3.05) is 23.7 Å². The molecule has 19 heavy (non-hydrogen) atoms. The molecule has 0 aliphatic carbocycles. The Morgan fingerprint density at radius 3 is 2.95 bits per heavy atom. The number of hydrogen-bond donors (Lipinski definition) is 1. The van der Waals surface area contributed by atoms with Gasteiger partial charge >= 0.3 is 0 Å². The number of anilines is 2. The lowest BCUT2D eigenvalue weighted by Gasteiger charge is -2.18. The fraction of sp³-hybridized carbons (Fsp3) is 0.357. The highest BCUT2D eigenvalue weighted by atomic mass is 15.2. The molecule has 3 rings (SSSR count). The van der Waals surface area contributed by atoms with Gasteiger partial charge in [-0.05, 0) is 25.5 Å². The first-order valence-electron chi connectivity index (χ1n) is 6.49. The third-order valence-corrected chi connectivity index (χ3v) is 3.48. The fourth-order valence-electron chi connectivity index (χ4n) is 2.56. The van der Waals surface area contributed by atoms with Crippen molar-refractivity contribution >= 4 is 11.8 Å². The molecule has 1 saturated heterocycles. The number of nitrogens with zero attached hydrogens (tertiary/aromatic N) is 4. The Hall–Kier alpha value is -2.17. The molecule has 2 aromatic heterocycles. The zero-order valence-electron chi connectivity index (χ0n) is 11.0. The van der Waals surface area contributed by atoms with Crippen LogP contribution in [0.25, 0.3) is 0 Å². The van der Waals surface area contributed by atoms with Crippen LogP contribution in [0.5, 0.6) is 0 Å². The van der Waals surface area contributed by atoms with Crippen LogP contribution in [0.3, 0.4) is 0 Å². The average molecular weight is 255 g/mol. The first-order chi connectivity index (χ1) is 9.22. The maximum absolute atomic E-state index is 5.71. The summed E-state index contributed by atoms with van der Waals surface area (Å²) in [7, 11) is 0. The smallest absolute Gasteiger partial charge is 0.222 e. The van der Waals surface area contributed by atoms with Gasteiger partial charge in [0.2, 0.25) is 5.95 Å². The Morgan fingerprint density at radius 1 is 1.32 bits per heavy atom. The SMILES string of the molecule is Cc1cc(N2CCC(c3ccccn3)C2)nc(N)n1. The van der Waals surface area contributed by atoms with Crippen molar-refractivity contribution < 1.29 is 0 Å². The van der Waals surface area contributed by atoms with Crippen molar-refractivity contribution in [3.63, 3.8) is 0 Å². The van der Waals surface area contributed by atoms with Gasteiger partial charge in [0.25, 0.3) is 0 Å². The van der Waals surface area contributed by atoms with Gasteiger partial charge in [-0.25, -0.2) is 4.98 Å². The molecule has 2 aromatic rings. The summed E-state index contributed by atoms with van der Waals surface area (Å²) in [5.74, 6) is 1.73. The quantitative estimate of drug-likeness (QED) is 0.885. The average Bonchev–Trinajstić information content (AvgIpc) is 2.88. The van der Waals surface area contributed by atoms with E-state index in [-0.39, 0.29) is 0 Å². The predicted octanol–water partition coefficient (Wildman–Crippen LogP) is 1.76. The molecule has 98 valence electrons. The van der Waals surface area contributed by atoms with E-state index in [0.29, 0.717) is 11.9 Å². The molecule has 0 aromatic carbocycles. The van der Waals surface area contributed by atoms with Crippen LogP contribution in [0, 0.1) is 6.92 Å². The molecular formula is C14H17N5. The van der Waals surface area contributed by atoms with Crippen molar-refractivity contribution in [3.05, 3.63) is 41.9 Å². The van der Waals surface area contributed by atoms with Gasteiger partial charge in [0, 0.05) is 42.7 Å². The van der Waals surface area contributed by atoms with Crippen LogP contribution in [0.1, 0.15) is 23.7 Å². The van der Waals surface area contributed by atoms with Gasteiger partial charge in [-0.15, -0.1) is 0 Å². The second-order valence-electron chi connectivity index (χ2n) is 4.91. The molecule has 0 radical (unpaired) electrons. The van der Waals surface area contributed by atoms with Crippen molar-refractivity contribution in [2.45, 2.75) is 19.3 Å². The minimum Gasteiger partial charge on any atom is -0.368 e. The second kappa shape index (κ2) is 4.84. The molecule has 1 unspecified atom stereocenters. The highest BCUT2D eigenvalue weighted by molar-refractivity contribution is 5.45. The largest absolute Gasteiger partial charge is 0.368 e. The Bertz CT molecular complexity index is 549. The van der Waals surface area contributed by atoms with E-state index in [1.54, 1.807) is 0 Å². The highest BCUT2D eigenvalue weighted by Gasteiger charge is 2.25. The second-order valence-corrected chi connectivity index (χ2v) is 4.91. The molecule has 0 amide bonds. The monoisotopic (exact) mass is 255 g/mol. The van der Waals surface area contributed by atoms with E-state index < -0.39 is 0 Å². The summed E-state index contributed by atoms with van der Waals surface area (Å²) >= 11 is 0. The lowest BCUT2D eigenvalue weighted by atomic mass is 10.0. The minimum atomic E-state index is 0.344. The predicted molar refractivity (Wildman–Crippen MR) is 75.0 cm³/mol. The number of rotatable bonds is 2. The number of aryl methyl sites for hydroxylation is 1. The van der Waals surface area contributed by atoms with Crippen LogP contribution in [-0.2, 0) is 0 Å². The first-order valence-corrected chi connectivity index (χ1v) is 6.49. The van der Waals surface area contributed by atoms with Crippen LogP contribution >= 0.6 is 0 Å². The van der Waals surface area contributed by atoms with Crippen molar-refractivity contribution in [1.29, 1.82) is 0 Å². The number of nitrogens with two attached hydrogens (primary N) is 1. The van der Waals surface area contributed by atoms with Gasteiger partial charge in [0.15, 0.2) is 0 Å². The fourth-order valence-corrected chi connectivity index (χ4v) is 2.56. The summed E-state index contributed by atoms with van der Waals surface area (Å²) in [5, 5.41) is 0. The molecular weight excluding hydrogens is 238 g/mol. The number of nitrogen functional groups attached to an aromatic ring is 1. The summed E-state index contributed by atoms with van der Waals surface area (Å²) in [6.07, 6.45) is 2.95. The molecule has 1 fully saturated rings. The van der Waals surface area contributed by atoms with Crippen LogP contribution < -0.4 is 10.6 Å². The lowest BCUT2D eigenvalue weighted by Crippen LogP contribution is -2.21. The van der Waals surface area contributed by atoms with Gasteiger partial charge in [-0.3, -0.25) is 4.98 Å². The molecule has 1 aliphatic heterocycles. The lowest BCUT2D eigenvalue weighted by molar-refractivity contribution is 0.743. The Balaban J connectivity index is 1.79. The molecule has 0 spiro atoms. The van der Waals surface area contributed by atoms with Gasteiger partial charge in [-0.2, -0.15) is 4.98 Å². The molecule has 5 nitrogen and oxygen atoms in total. The zero-order valence-corrected chi connectivity index (χ0v) is 11.0. The number of hydrogen-bond acceptors (Lipinski definition) is 5. The summed E-state index contributed by atoms with van der Waals surface area (Å²) in [6, 6.07) is 8.06. The van der Waals surface area contributed by atoms with E-state index in [4.69, 9.17) is 5.73 Å². The Kier molecular flexibility index (Phi) is 3.03. The van der Waals surface area contributed by atoms with Gasteiger partial charge in [-0.1, -0.05) is 6.07 Å². The standard InChI is InChI=1S/C14H17N5/c1-10-8-13(18-14(15)17-10)19-7-5-11(9-19)12-4-2-3-6-16-12/h2-4,6,8,11H,5,7,9H2,1H3,(H2,15,17,18). The van der Waals surface area contributed by atoms with Crippen LogP contribution in [-0.4, -0.2) is 28.0 Å². The van der Waals surface area contributed by atoms with E-state index >= 15 is 0 Å².